The quantitative estimate of drug-likeness (QED) is 0.387. The standard InChI is InChI=1S/C30H50O/c1-25(2)15-9-10-20-21-11-12-23-27(5)16-14-24(31)26(3,4)22(27)13-17-30(23,8)29(21,7)19-18-28(20,25)6/h11,20,22-24,31H,9-10,12-19H2,1-8H3/t20-,22+,23-,24-,27-,28-,29+,30+/m0/s1. The molecule has 31 heavy (non-hydrogen) atoms. The molecule has 176 valence electrons. The average Bonchev–Trinajstić information content (AvgIpc) is 2.67. The zero-order chi connectivity index (χ0) is 22.7. The predicted octanol–water partition coefficient (Wildman–Crippen LogP) is 8.17. The molecule has 1 N–H and O–H groups in total. The van der Waals surface area contributed by atoms with Gasteiger partial charge in [-0.05, 0) is 108 Å². The van der Waals surface area contributed by atoms with Crippen LogP contribution in [-0.4, -0.2) is 11.2 Å². The number of allylic oxidation sites excluding steroid dienone is 2. The summed E-state index contributed by atoms with van der Waals surface area (Å²) in [6, 6.07) is 0. The molecule has 1 heteroatoms. The van der Waals surface area contributed by atoms with Crippen LogP contribution in [0.5, 0.6) is 0 Å². The van der Waals surface area contributed by atoms with Crippen LogP contribution in [0.3, 0.4) is 0 Å². The Morgan fingerprint density at radius 2 is 1.45 bits per heavy atom. The van der Waals surface area contributed by atoms with Crippen molar-refractivity contribution in [2.45, 2.75) is 126 Å². The van der Waals surface area contributed by atoms with E-state index in [1.165, 1.54) is 57.8 Å². The second-order valence-corrected chi connectivity index (χ2v) is 14.9. The van der Waals surface area contributed by atoms with Gasteiger partial charge in [0.05, 0.1) is 6.10 Å². The van der Waals surface area contributed by atoms with Crippen molar-refractivity contribution < 1.29 is 5.11 Å². The summed E-state index contributed by atoms with van der Waals surface area (Å²) in [7, 11) is 0. The maximum atomic E-state index is 10.9. The Bertz CT molecular complexity index is 790. The van der Waals surface area contributed by atoms with E-state index in [2.05, 4.69) is 61.5 Å². The monoisotopic (exact) mass is 426 g/mol. The van der Waals surface area contributed by atoms with E-state index in [9.17, 15) is 5.11 Å². The summed E-state index contributed by atoms with van der Waals surface area (Å²) in [5, 5.41) is 10.9. The van der Waals surface area contributed by atoms with Crippen molar-refractivity contribution in [3.63, 3.8) is 0 Å². The Kier molecular flexibility index (Phi) is 4.66. The van der Waals surface area contributed by atoms with Crippen molar-refractivity contribution in [1.82, 2.24) is 0 Å². The third-order valence-electron chi connectivity index (χ3n) is 13.6. The third kappa shape index (κ3) is 2.54. The molecule has 0 heterocycles. The summed E-state index contributed by atoms with van der Waals surface area (Å²) in [6.07, 6.45) is 15.9. The molecule has 0 amide bonds. The number of aliphatic hydroxyl groups excluding tert-OH is 1. The Balaban J connectivity index is 1.58. The normalized spacial score (nSPS) is 55.2. The molecule has 5 rings (SSSR count). The largest absolute Gasteiger partial charge is 0.393 e. The molecular formula is C30H50O. The van der Waals surface area contributed by atoms with Crippen LogP contribution in [0.25, 0.3) is 0 Å². The second-order valence-electron chi connectivity index (χ2n) is 14.9. The van der Waals surface area contributed by atoms with Gasteiger partial charge < -0.3 is 5.11 Å². The maximum absolute atomic E-state index is 10.9. The minimum Gasteiger partial charge on any atom is -0.393 e. The fourth-order valence-corrected chi connectivity index (χ4v) is 10.8. The van der Waals surface area contributed by atoms with Gasteiger partial charge in [0, 0.05) is 0 Å². The highest BCUT2D eigenvalue weighted by Crippen LogP contribution is 2.76. The summed E-state index contributed by atoms with van der Waals surface area (Å²) in [4.78, 5) is 0. The van der Waals surface area contributed by atoms with E-state index < -0.39 is 0 Å². The van der Waals surface area contributed by atoms with E-state index in [4.69, 9.17) is 0 Å². The molecule has 5 aliphatic rings. The molecule has 0 unspecified atom stereocenters. The SMILES string of the molecule is CC1(C)[C@H]2CC[C@]3(C)[C@@H](CC=C4[C@@H]5CCCC(C)(C)[C@@]5(C)CC[C@]43C)[C@@]2(C)CC[C@@H]1O. The molecule has 0 bridgehead atoms. The fourth-order valence-electron chi connectivity index (χ4n) is 10.8. The molecule has 0 aliphatic heterocycles. The molecule has 0 aromatic heterocycles. The van der Waals surface area contributed by atoms with Gasteiger partial charge in [-0.15, -0.1) is 0 Å². The second kappa shape index (κ2) is 6.43. The molecular weight excluding hydrogens is 376 g/mol. The molecule has 4 fully saturated rings. The highest BCUT2D eigenvalue weighted by molar-refractivity contribution is 5.34. The molecule has 4 saturated carbocycles. The minimum absolute atomic E-state index is 0.0533. The first kappa shape index (κ1) is 22.5. The van der Waals surface area contributed by atoms with E-state index in [1.54, 1.807) is 0 Å². The molecule has 0 aromatic carbocycles. The average molecular weight is 427 g/mol. The lowest BCUT2D eigenvalue weighted by Gasteiger charge is -2.72. The van der Waals surface area contributed by atoms with E-state index in [-0.39, 0.29) is 11.5 Å². The van der Waals surface area contributed by atoms with Gasteiger partial charge in [0.1, 0.15) is 0 Å². The van der Waals surface area contributed by atoms with Crippen LogP contribution in [0.1, 0.15) is 120 Å². The van der Waals surface area contributed by atoms with Crippen molar-refractivity contribution in [2.75, 3.05) is 0 Å². The maximum Gasteiger partial charge on any atom is 0.0594 e. The van der Waals surface area contributed by atoms with Gasteiger partial charge in [-0.3, -0.25) is 0 Å². The van der Waals surface area contributed by atoms with Crippen LogP contribution in [0.4, 0.5) is 0 Å². The Morgan fingerprint density at radius 3 is 2.16 bits per heavy atom. The molecule has 5 aliphatic carbocycles. The summed E-state index contributed by atoms with van der Waals surface area (Å²) in [5.41, 5.74) is 4.00. The number of rotatable bonds is 0. The van der Waals surface area contributed by atoms with Crippen molar-refractivity contribution in [2.24, 2.45) is 50.2 Å². The minimum atomic E-state index is -0.125. The van der Waals surface area contributed by atoms with E-state index in [1.807, 2.05) is 5.57 Å². The highest BCUT2D eigenvalue weighted by atomic mass is 16.3. The predicted molar refractivity (Wildman–Crippen MR) is 131 cm³/mol. The van der Waals surface area contributed by atoms with Crippen LogP contribution < -0.4 is 0 Å². The van der Waals surface area contributed by atoms with Crippen molar-refractivity contribution in [1.29, 1.82) is 0 Å². The van der Waals surface area contributed by atoms with Gasteiger partial charge in [-0.2, -0.15) is 0 Å². The summed E-state index contributed by atoms with van der Waals surface area (Å²) >= 11 is 0. The molecule has 0 spiro atoms. The number of aliphatic hydroxyl groups is 1. The van der Waals surface area contributed by atoms with Crippen LogP contribution in [-0.2, 0) is 0 Å². The number of hydrogen-bond acceptors (Lipinski definition) is 1. The van der Waals surface area contributed by atoms with Crippen molar-refractivity contribution >= 4 is 0 Å². The Morgan fingerprint density at radius 1 is 0.742 bits per heavy atom. The highest BCUT2D eigenvalue weighted by Gasteiger charge is 2.68. The fraction of sp³-hybridized carbons (Fsp3) is 0.933. The van der Waals surface area contributed by atoms with Gasteiger partial charge in [-0.25, -0.2) is 0 Å². The molecule has 1 nitrogen and oxygen atoms in total. The number of fused-ring (bicyclic) bond motifs is 7. The molecule has 0 aromatic rings. The lowest BCUT2D eigenvalue weighted by atomic mass is 9.33. The van der Waals surface area contributed by atoms with Crippen molar-refractivity contribution in [3.05, 3.63) is 11.6 Å². The van der Waals surface area contributed by atoms with Gasteiger partial charge in [0.15, 0.2) is 0 Å². The van der Waals surface area contributed by atoms with Crippen LogP contribution >= 0.6 is 0 Å². The van der Waals surface area contributed by atoms with Gasteiger partial charge in [-0.1, -0.05) is 73.5 Å². The zero-order valence-corrected chi connectivity index (χ0v) is 21.9. The van der Waals surface area contributed by atoms with Gasteiger partial charge >= 0.3 is 0 Å². The lowest BCUT2D eigenvalue weighted by Crippen LogP contribution is -2.65. The summed E-state index contributed by atoms with van der Waals surface area (Å²) in [6.45, 7) is 20.5. The van der Waals surface area contributed by atoms with Gasteiger partial charge in [0.25, 0.3) is 0 Å². The van der Waals surface area contributed by atoms with Crippen LogP contribution in [0.15, 0.2) is 11.6 Å². The Hall–Kier alpha value is -0.300. The van der Waals surface area contributed by atoms with E-state index in [0.717, 1.165) is 18.3 Å². The molecule has 8 atom stereocenters. The van der Waals surface area contributed by atoms with Crippen LogP contribution in [0, 0.1) is 50.2 Å². The molecule has 0 saturated heterocycles. The number of hydrogen-bond donors (Lipinski definition) is 1. The summed E-state index contributed by atoms with van der Waals surface area (Å²) in [5.74, 6) is 2.21. The zero-order valence-electron chi connectivity index (χ0n) is 21.9. The molecule has 0 radical (unpaired) electrons. The van der Waals surface area contributed by atoms with E-state index in [0.29, 0.717) is 33.0 Å². The third-order valence-corrected chi connectivity index (χ3v) is 13.6. The van der Waals surface area contributed by atoms with Gasteiger partial charge in [0.2, 0.25) is 0 Å². The first-order valence-electron chi connectivity index (χ1n) is 13.6. The van der Waals surface area contributed by atoms with Crippen LogP contribution in [0.2, 0.25) is 0 Å². The Labute approximate surface area is 192 Å². The van der Waals surface area contributed by atoms with Crippen molar-refractivity contribution in [3.8, 4) is 0 Å². The van der Waals surface area contributed by atoms with E-state index >= 15 is 0 Å². The summed E-state index contributed by atoms with van der Waals surface area (Å²) < 4.78 is 0. The first-order chi connectivity index (χ1) is 14.2. The first-order valence-corrected chi connectivity index (χ1v) is 13.6. The topological polar surface area (TPSA) is 20.2 Å². The lowest BCUT2D eigenvalue weighted by molar-refractivity contribution is -0.205. The smallest absolute Gasteiger partial charge is 0.0594 e.